The van der Waals surface area contributed by atoms with Gasteiger partial charge in [-0.2, -0.15) is 0 Å². The molecular formula is C11H23NO. The Labute approximate surface area is 81.9 Å². The van der Waals surface area contributed by atoms with E-state index in [1.54, 1.807) is 0 Å². The third-order valence-corrected chi connectivity index (χ3v) is 3.31. The number of aliphatic hydroxyl groups excluding tert-OH is 1. The molecule has 0 radical (unpaired) electrons. The molecule has 1 N–H and O–H groups in total. The molecule has 0 aromatic rings. The maximum Gasteiger partial charge on any atom is 0.0471 e. The quantitative estimate of drug-likeness (QED) is 0.719. The lowest BCUT2D eigenvalue weighted by atomic mass is 9.98. The summed E-state index contributed by atoms with van der Waals surface area (Å²) in [4.78, 5) is 2.49. The Morgan fingerprint density at radius 1 is 1.38 bits per heavy atom. The van der Waals surface area contributed by atoms with Crippen molar-refractivity contribution in [2.45, 2.75) is 27.2 Å². The van der Waals surface area contributed by atoms with E-state index in [9.17, 15) is 0 Å². The summed E-state index contributed by atoms with van der Waals surface area (Å²) in [5, 5.41) is 9.00. The van der Waals surface area contributed by atoms with Crippen LogP contribution in [0.2, 0.25) is 0 Å². The molecule has 1 saturated heterocycles. The first kappa shape index (κ1) is 11.0. The van der Waals surface area contributed by atoms with Crippen LogP contribution in [0.4, 0.5) is 0 Å². The van der Waals surface area contributed by atoms with Crippen molar-refractivity contribution in [2.75, 3.05) is 26.2 Å². The largest absolute Gasteiger partial charge is 0.396 e. The van der Waals surface area contributed by atoms with E-state index >= 15 is 0 Å². The first-order valence-corrected chi connectivity index (χ1v) is 5.46. The fourth-order valence-electron chi connectivity index (χ4n) is 1.85. The van der Waals surface area contributed by atoms with E-state index in [1.165, 1.54) is 19.5 Å². The topological polar surface area (TPSA) is 23.5 Å². The maximum atomic E-state index is 9.00. The molecule has 2 heteroatoms. The molecule has 1 rings (SSSR count). The number of nitrogens with zero attached hydrogens (tertiary/aromatic N) is 1. The van der Waals surface area contributed by atoms with E-state index in [0.717, 1.165) is 18.4 Å². The Hall–Kier alpha value is -0.0800. The monoisotopic (exact) mass is 185 g/mol. The summed E-state index contributed by atoms with van der Waals surface area (Å²) in [7, 11) is 0. The fourth-order valence-corrected chi connectivity index (χ4v) is 1.85. The Morgan fingerprint density at radius 3 is 2.54 bits per heavy atom. The average Bonchev–Trinajstić information content (AvgIpc) is 2.52. The van der Waals surface area contributed by atoms with Crippen molar-refractivity contribution in [1.29, 1.82) is 0 Å². The van der Waals surface area contributed by atoms with Crippen molar-refractivity contribution < 1.29 is 5.11 Å². The third-order valence-electron chi connectivity index (χ3n) is 3.31. The summed E-state index contributed by atoms with van der Waals surface area (Å²) in [6, 6.07) is 0. The van der Waals surface area contributed by atoms with Crippen LogP contribution in [0.25, 0.3) is 0 Å². The van der Waals surface area contributed by atoms with Crippen LogP contribution in [0.3, 0.4) is 0 Å². The van der Waals surface area contributed by atoms with Gasteiger partial charge < -0.3 is 10.0 Å². The van der Waals surface area contributed by atoms with E-state index in [0.29, 0.717) is 12.5 Å². The second-order valence-corrected chi connectivity index (χ2v) is 4.82. The molecule has 0 saturated carbocycles. The van der Waals surface area contributed by atoms with Gasteiger partial charge in [-0.3, -0.25) is 0 Å². The molecule has 2 nitrogen and oxygen atoms in total. The molecule has 2 unspecified atom stereocenters. The number of likely N-dealkylation sites (tertiary alicyclic amines) is 1. The fraction of sp³-hybridized carbons (Fsp3) is 1.00. The predicted molar refractivity (Wildman–Crippen MR) is 55.6 cm³/mol. The molecule has 0 amide bonds. The number of aliphatic hydroxyl groups is 1. The first-order chi connectivity index (χ1) is 6.13. The van der Waals surface area contributed by atoms with Crippen molar-refractivity contribution >= 4 is 0 Å². The molecule has 0 aromatic carbocycles. The minimum atomic E-state index is 0.368. The van der Waals surface area contributed by atoms with Gasteiger partial charge >= 0.3 is 0 Å². The van der Waals surface area contributed by atoms with Crippen LogP contribution in [0.15, 0.2) is 0 Å². The molecule has 78 valence electrons. The van der Waals surface area contributed by atoms with Crippen LogP contribution in [-0.4, -0.2) is 36.2 Å². The van der Waals surface area contributed by atoms with E-state index in [4.69, 9.17) is 5.11 Å². The van der Waals surface area contributed by atoms with Crippen molar-refractivity contribution in [1.82, 2.24) is 4.90 Å². The third kappa shape index (κ3) is 3.28. The zero-order valence-electron chi connectivity index (χ0n) is 9.16. The lowest BCUT2D eigenvalue weighted by molar-refractivity contribution is 0.205. The van der Waals surface area contributed by atoms with E-state index in [1.807, 2.05) is 0 Å². The average molecular weight is 185 g/mol. The second-order valence-electron chi connectivity index (χ2n) is 4.82. The second kappa shape index (κ2) is 4.97. The molecule has 1 aliphatic rings. The highest BCUT2D eigenvalue weighted by molar-refractivity contribution is 4.76. The summed E-state index contributed by atoms with van der Waals surface area (Å²) in [6.07, 6.45) is 1.18. The Morgan fingerprint density at radius 2 is 2.08 bits per heavy atom. The van der Waals surface area contributed by atoms with Gasteiger partial charge in [-0.1, -0.05) is 20.8 Å². The van der Waals surface area contributed by atoms with E-state index in [2.05, 4.69) is 25.7 Å². The number of hydrogen-bond donors (Lipinski definition) is 1. The van der Waals surface area contributed by atoms with Crippen molar-refractivity contribution in [2.24, 2.45) is 17.8 Å². The van der Waals surface area contributed by atoms with Crippen LogP contribution in [0, 0.1) is 17.8 Å². The van der Waals surface area contributed by atoms with Crippen LogP contribution in [0.1, 0.15) is 27.2 Å². The van der Waals surface area contributed by atoms with Gasteiger partial charge in [0.15, 0.2) is 0 Å². The summed E-state index contributed by atoms with van der Waals surface area (Å²) >= 11 is 0. The highest BCUT2D eigenvalue weighted by Gasteiger charge is 2.23. The minimum Gasteiger partial charge on any atom is -0.396 e. The van der Waals surface area contributed by atoms with Gasteiger partial charge in [0.1, 0.15) is 0 Å². The molecule has 0 spiro atoms. The highest BCUT2D eigenvalue weighted by atomic mass is 16.3. The molecule has 0 aliphatic carbocycles. The number of rotatable bonds is 4. The molecule has 2 atom stereocenters. The Balaban J connectivity index is 2.23. The van der Waals surface area contributed by atoms with Gasteiger partial charge in [-0.05, 0) is 30.7 Å². The van der Waals surface area contributed by atoms with Crippen LogP contribution < -0.4 is 0 Å². The summed E-state index contributed by atoms with van der Waals surface area (Å²) in [5.41, 5.74) is 0. The normalized spacial score (nSPS) is 27.0. The summed E-state index contributed by atoms with van der Waals surface area (Å²) in [6.45, 7) is 10.7. The Bertz CT molecular complexity index is 147. The molecule has 0 bridgehead atoms. The molecule has 0 aromatic heterocycles. The minimum absolute atomic E-state index is 0.368. The van der Waals surface area contributed by atoms with E-state index in [-0.39, 0.29) is 0 Å². The summed E-state index contributed by atoms with van der Waals surface area (Å²) in [5.74, 6) is 2.09. The Kier molecular flexibility index (Phi) is 4.20. The SMILES string of the molecule is CC(C)C(C)CN1CCC(CO)C1. The number of hydrogen-bond acceptors (Lipinski definition) is 2. The standard InChI is InChI=1S/C11H23NO/c1-9(2)10(3)6-12-5-4-11(7-12)8-13/h9-11,13H,4-8H2,1-3H3. The van der Waals surface area contributed by atoms with Gasteiger partial charge in [0.2, 0.25) is 0 Å². The van der Waals surface area contributed by atoms with E-state index < -0.39 is 0 Å². The lowest BCUT2D eigenvalue weighted by Gasteiger charge is -2.23. The van der Waals surface area contributed by atoms with Gasteiger partial charge in [-0.15, -0.1) is 0 Å². The molecule has 13 heavy (non-hydrogen) atoms. The molecule has 1 heterocycles. The van der Waals surface area contributed by atoms with Crippen LogP contribution in [0.5, 0.6) is 0 Å². The zero-order valence-corrected chi connectivity index (χ0v) is 9.16. The molecule has 1 fully saturated rings. The van der Waals surface area contributed by atoms with Crippen LogP contribution in [-0.2, 0) is 0 Å². The lowest BCUT2D eigenvalue weighted by Crippen LogP contribution is -2.28. The van der Waals surface area contributed by atoms with Gasteiger partial charge in [0.05, 0.1) is 0 Å². The van der Waals surface area contributed by atoms with Crippen molar-refractivity contribution in [3.05, 3.63) is 0 Å². The van der Waals surface area contributed by atoms with Gasteiger partial charge in [0.25, 0.3) is 0 Å². The first-order valence-electron chi connectivity index (χ1n) is 5.46. The van der Waals surface area contributed by atoms with Gasteiger partial charge in [-0.25, -0.2) is 0 Å². The molecular weight excluding hydrogens is 162 g/mol. The predicted octanol–water partition coefficient (Wildman–Crippen LogP) is 1.59. The summed E-state index contributed by atoms with van der Waals surface area (Å²) < 4.78 is 0. The van der Waals surface area contributed by atoms with Gasteiger partial charge in [0, 0.05) is 19.7 Å². The van der Waals surface area contributed by atoms with Crippen molar-refractivity contribution in [3.8, 4) is 0 Å². The highest BCUT2D eigenvalue weighted by Crippen LogP contribution is 2.19. The maximum absolute atomic E-state index is 9.00. The van der Waals surface area contributed by atoms with Crippen molar-refractivity contribution in [3.63, 3.8) is 0 Å². The smallest absolute Gasteiger partial charge is 0.0471 e. The zero-order chi connectivity index (χ0) is 9.84. The molecule has 1 aliphatic heterocycles. The van der Waals surface area contributed by atoms with Crippen LogP contribution >= 0.6 is 0 Å².